The molecule has 3 aromatic carbocycles. The SMILES string of the molecule is OC(OCCCCc1nccc2ccccc12)c1ccc(OCCCCc2nccc3ccccc23)cc1. The van der Waals surface area contributed by atoms with Crippen LogP contribution in [0.1, 0.15) is 48.9 Å². The topological polar surface area (TPSA) is 64.5 Å². The van der Waals surface area contributed by atoms with E-state index in [1.165, 1.54) is 21.5 Å². The van der Waals surface area contributed by atoms with Gasteiger partial charge in [-0.1, -0.05) is 60.7 Å². The largest absolute Gasteiger partial charge is 0.494 e. The molecular weight excluding hydrogens is 472 g/mol. The highest BCUT2D eigenvalue weighted by atomic mass is 16.6. The lowest BCUT2D eigenvalue weighted by atomic mass is 10.1. The molecule has 1 atom stereocenters. The molecule has 5 rings (SSSR count). The van der Waals surface area contributed by atoms with Gasteiger partial charge in [0.25, 0.3) is 0 Å². The van der Waals surface area contributed by atoms with Crippen molar-refractivity contribution >= 4 is 21.5 Å². The van der Waals surface area contributed by atoms with Gasteiger partial charge in [0, 0.05) is 40.1 Å². The molecule has 0 aliphatic carbocycles. The molecule has 1 unspecified atom stereocenters. The summed E-state index contributed by atoms with van der Waals surface area (Å²) in [5.41, 5.74) is 2.99. The third-order valence-electron chi connectivity index (χ3n) is 6.84. The molecule has 2 heterocycles. The zero-order valence-corrected chi connectivity index (χ0v) is 21.6. The van der Waals surface area contributed by atoms with E-state index in [4.69, 9.17) is 9.47 Å². The van der Waals surface area contributed by atoms with Crippen molar-refractivity contribution in [2.75, 3.05) is 13.2 Å². The van der Waals surface area contributed by atoms with Crippen LogP contribution in [-0.4, -0.2) is 28.3 Å². The molecule has 0 saturated heterocycles. The molecule has 0 spiro atoms. The van der Waals surface area contributed by atoms with Gasteiger partial charge in [-0.25, -0.2) is 0 Å². The Balaban J connectivity index is 0.990. The number of aliphatic hydroxyl groups excluding tert-OH is 1. The first kappa shape index (κ1) is 25.8. The summed E-state index contributed by atoms with van der Waals surface area (Å²) in [6.45, 7) is 1.14. The van der Waals surface area contributed by atoms with Crippen LogP contribution < -0.4 is 4.74 Å². The molecule has 0 bridgehead atoms. The molecule has 0 fully saturated rings. The Morgan fingerprint density at radius 1 is 0.605 bits per heavy atom. The fraction of sp³-hybridized carbons (Fsp3) is 0.273. The minimum absolute atomic E-state index is 0.496. The Bertz CT molecular complexity index is 1440. The number of aliphatic hydroxyl groups is 1. The van der Waals surface area contributed by atoms with Crippen molar-refractivity contribution in [2.45, 2.75) is 44.8 Å². The summed E-state index contributed by atoms with van der Waals surface area (Å²) < 4.78 is 11.6. The molecule has 194 valence electrons. The number of aromatic nitrogens is 2. The number of hydrogen-bond donors (Lipinski definition) is 1. The number of hydrogen-bond acceptors (Lipinski definition) is 5. The van der Waals surface area contributed by atoms with E-state index in [-0.39, 0.29) is 0 Å². The maximum atomic E-state index is 10.4. The van der Waals surface area contributed by atoms with Crippen LogP contribution in [0.15, 0.2) is 97.3 Å². The van der Waals surface area contributed by atoms with Crippen LogP contribution in [0.5, 0.6) is 5.75 Å². The van der Waals surface area contributed by atoms with E-state index in [0.717, 1.165) is 61.2 Å². The molecule has 5 nitrogen and oxygen atoms in total. The average Bonchev–Trinajstić information content (AvgIpc) is 2.97. The number of unbranched alkanes of at least 4 members (excludes halogenated alkanes) is 2. The highest BCUT2D eigenvalue weighted by Gasteiger charge is 2.09. The lowest BCUT2D eigenvalue weighted by Gasteiger charge is -2.13. The first-order valence-corrected chi connectivity index (χ1v) is 13.5. The first-order valence-electron chi connectivity index (χ1n) is 13.5. The van der Waals surface area contributed by atoms with E-state index < -0.39 is 6.29 Å². The van der Waals surface area contributed by atoms with Crippen molar-refractivity contribution < 1.29 is 14.6 Å². The number of pyridine rings is 2. The molecule has 0 aliphatic rings. The van der Waals surface area contributed by atoms with Gasteiger partial charge in [0.15, 0.2) is 6.29 Å². The van der Waals surface area contributed by atoms with Crippen molar-refractivity contribution in [1.29, 1.82) is 0 Å². The van der Waals surface area contributed by atoms with Crippen LogP contribution in [0.3, 0.4) is 0 Å². The summed E-state index contributed by atoms with van der Waals surface area (Å²) in [6, 6.07) is 28.3. The number of nitrogens with zero attached hydrogens (tertiary/aromatic N) is 2. The van der Waals surface area contributed by atoms with Crippen LogP contribution in [0.4, 0.5) is 0 Å². The van der Waals surface area contributed by atoms with Gasteiger partial charge >= 0.3 is 0 Å². The summed E-state index contributed by atoms with van der Waals surface area (Å²) >= 11 is 0. The van der Waals surface area contributed by atoms with Crippen LogP contribution >= 0.6 is 0 Å². The molecule has 0 aliphatic heterocycles. The Kier molecular flexibility index (Phi) is 8.93. The number of aryl methyl sites for hydroxylation is 2. The number of benzene rings is 3. The molecular formula is C33H34N2O3. The van der Waals surface area contributed by atoms with Crippen LogP contribution in [-0.2, 0) is 17.6 Å². The maximum Gasteiger partial charge on any atom is 0.181 e. The van der Waals surface area contributed by atoms with Crippen molar-refractivity contribution in [2.24, 2.45) is 0 Å². The standard InChI is InChI=1S/C33H34N2O3/c36-33(38-24-8-6-14-32-30-12-4-2-10-26(30)20-22-35-32)27-15-17-28(18-16-27)37-23-7-5-13-31-29-11-3-1-9-25(29)19-21-34-31/h1-4,9-12,15-22,33,36H,5-8,13-14,23-24H2. The lowest BCUT2D eigenvalue weighted by Crippen LogP contribution is -2.05. The van der Waals surface area contributed by atoms with E-state index in [1.54, 1.807) is 0 Å². The molecule has 38 heavy (non-hydrogen) atoms. The van der Waals surface area contributed by atoms with Gasteiger partial charge in [-0.15, -0.1) is 0 Å². The second-order valence-electron chi connectivity index (χ2n) is 9.51. The van der Waals surface area contributed by atoms with Crippen LogP contribution in [0.2, 0.25) is 0 Å². The monoisotopic (exact) mass is 506 g/mol. The van der Waals surface area contributed by atoms with E-state index in [2.05, 4.69) is 58.5 Å². The lowest BCUT2D eigenvalue weighted by molar-refractivity contribution is -0.103. The molecule has 5 heteroatoms. The van der Waals surface area contributed by atoms with Crippen molar-refractivity contribution in [3.8, 4) is 5.75 Å². The predicted molar refractivity (Wildman–Crippen MR) is 152 cm³/mol. The maximum absolute atomic E-state index is 10.4. The Labute approximate surface area is 224 Å². The molecule has 5 aromatic rings. The second kappa shape index (κ2) is 13.1. The van der Waals surface area contributed by atoms with Crippen LogP contribution in [0.25, 0.3) is 21.5 Å². The minimum Gasteiger partial charge on any atom is -0.494 e. The summed E-state index contributed by atoms with van der Waals surface area (Å²) in [4.78, 5) is 9.11. The Hall–Kier alpha value is -3.80. The normalized spacial score (nSPS) is 12.1. The van der Waals surface area contributed by atoms with Gasteiger partial charge < -0.3 is 14.6 Å². The van der Waals surface area contributed by atoms with Gasteiger partial charge in [0.2, 0.25) is 0 Å². The zero-order chi connectivity index (χ0) is 26.0. The number of ether oxygens (including phenoxy) is 2. The average molecular weight is 507 g/mol. The smallest absolute Gasteiger partial charge is 0.181 e. The van der Waals surface area contributed by atoms with Crippen LogP contribution in [0, 0.1) is 0 Å². The molecule has 0 saturated carbocycles. The van der Waals surface area contributed by atoms with Crippen molar-refractivity contribution in [3.05, 3.63) is 114 Å². The predicted octanol–water partition coefficient (Wildman–Crippen LogP) is 7.22. The van der Waals surface area contributed by atoms with E-state index in [0.29, 0.717) is 13.2 Å². The Morgan fingerprint density at radius 2 is 1.16 bits per heavy atom. The zero-order valence-electron chi connectivity index (χ0n) is 21.6. The fourth-order valence-electron chi connectivity index (χ4n) is 4.76. The summed E-state index contributed by atoms with van der Waals surface area (Å²) in [7, 11) is 0. The Morgan fingerprint density at radius 3 is 1.76 bits per heavy atom. The summed E-state index contributed by atoms with van der Waals surface area (Å²) in [5.74, 6) is 0.798. The van der Waals surface area contributed by atoms with E-state index in [9.17, 15) is 5.11 Å². The van der Waals surface area contributed by atoms with Gasteiger partial charge in [-0.3, -0.25) is 9.97 Å². The van der Waals surface area contributed by atoms with E-state index >= 15 is 0 Å². The molecule has 0 radical (unpaired) electrons. The molecule has 0 amide bonds. The van der Waals surface area contributed by atoms with Crippen molar-refractivity contribution in [3.63, 3.8) is 0 Å². The number of rotatable bonds is 13. The van der Waals surface area contributed by atoms with Crippen molar-refractivity contribution in [1.82, 2.24) is 9.97 Å². The van der Waals surface area contributed by atoms with Gasteiger partial charge in [0.1, 0.15) is 5.75 Å². The highest BCUT2D eigenvalue weighted by Crippen LogP contribution is 2.22. The molecule has 2 aromatic heterocycles. The summed E-state index contributed by atoms with van der Waals surface area (Å²) in [5, 5.41) is 15.3. The molecule has 1 N–H and O–H groups in total. The highest BCUT2D eigenvalue weighted by molar-refractivity contribution is 5.84. The quantitative estimate of drug-likeness (QED) is 0.135. The summed E-state index contributed by atoms with van der Waals surface area (Å²) in [6.07, 6.45) is 8.43. The van der Waals surface area contributed by atoms with Gasteiger partial charge in [0.05, 0.1) is 13.2 Å². The van der Waals surface area contributed by atoms with Gasteiger partial charge in [-0.2, -0.15) is 0 Å². The van der Waals surface area contributed by atoms with Gasteiger partial charge in [-0.05, 0) is 73.6 Å². The third kappa shape index (κ3) is 6.74. The first-order chi connectivity index (χ1) is 18.8. The number of fused-ring (bicyclic) bond motifs is 2. The minimum atomic E-state index is -0.937. The second-order valence-corrected chi connectivity index (χ2v) is 9.51. The fourth-order valence-corrected chi connectivity index (χ4v) is 4.76. The van der Waals surface area contributed by atoms with E-state index in [1.807, 2.05) is 48.8 Å². The third-order valence-corrected chi connectivity index (χ3v) is 6.84.